The lowest BCUT2D eigenvalue weighted by atomic mass is 10.4. The summed E-state index contributed by atoms with van der Waals surface area (Å²) in [7, 11) is 0. The van der Waals surface area contributed by atoms with Crippen LogP contribution in [0.3, 0.4) is 0 Å². The molecule has 0 aromatic heterocycles. The Morgan fingerprint density at radius 1 is 1.88 bits per heavy atom. The summed E-state index contributed by atoms with van der Waals surface area (Å²) in [4.78, 5) is 4.39. The van der Waals surface area contributed by atoms with E-state index in [1.807, 2.05) is 11.8 Å². The van der Waals surface area contributed by atoms with Gasteiger partial charge >= 0.3 is 0 Å². The molecule has 0 spiro atoms. The molecule has 1 aliphatic heterocycles. The van der Waals surface area contributed by atoms with Crippen LogP contribution < -0.4 is 0 Å². The maximum atomic E-state index is 4.39. The molecule has 1 nitrogen and oxygen atoms in total. The summed E-state index contributed by atoms with van der Waals surface area (Å²) in [6.07, 6.45) is 1.18. The van der Waals surface area contributed by atoms with Gasteiger partial charge in [-0.25, -0.2) is 0 Å². The predicted octanol–water partition coefficient (Wildman–Crippen LogP) is 1.93. The first-order valence-corrected chi connectivity index (χ1v) is 4.02. The van der Waals surface area contributed by atoms with Crippen LogP contribution in [0.1, 0.15) is 20.3 Å². The first kappa shape index (κ1) is 6.14. The van der Waals surface area contributed by atoms with Gasteiger partial charge in [-0.05, 0) is 13.3 Å². The highest BCUT2D eigenvalue weighted by Crippen LogP contribution is 2.21. The highest BCUT2D eigenvalue weighted by atomic mass is 32.2. The Morgan fingerprint density at radius 3 is 2.88 bits per heavy atom. The predicted molar refractivity (Wildman–Crippen MR) is 39.6 cm³/mol. The van der Waals surface area contributed by atoms with Crippen LogP contribution in [0.4, 0.5) is 0 Å². The molecule has 1 atom stereocenters. The number of nitrogens with zero attached hydrogens (tertiary/aromatic N) is 1. The molecule has 0 saturated carbocycles. The van der Waals surface area contributed by atoms with Crippen LogP contribution in [0.2, 0.25) is 0 Å². The van der Waals surface area contributed by atoms with E-state index < -0.39 is 0 Å². The number of hydrogen-bond donors (Lipinski definition) is 0. The molecule has 1 rings (SSSR count). The van der Waals surface area contributed by atoms with Crippen LogP contribution in [0.5, 0.6) is 0 Å². The Labute approximate surface area is 54.6 Å². The fraction of sp³-hybridized carbons (Fsp3) is 0.833. The largest absolute Gasteiger partial charge is 0.279 e. The minimum Gasteiger partial charge on any atom is -0.279 e. The number of hydrogen-bond acceptors (Lipinski definition) is 2. The smallest absolute Gasteiger partial charge is 0.0952 e. The Morgan fingerprint density at radius 2 is 2.62 bits per heavy atom. The van der Waals surface area contributed by atoms with Gasteiger partial charge in [0.1, 0.15) is 0 Å². The van der Waals surface area contributed by atoms with Crippen molar-refractivity contribution < 1.29 is 0 Å². The quantitative estimate of drug-likeness (QED) is 0.527. The Hall–Kier alpha value is 0.0200. The average molecular weight is 129 g/mol. The van der Waals surface area contributed by atoms with Crippen molar-refractivity contribution in [1.29, 1.82) is 0 Å². The molecule has 46 valence electrons. The van der Waals surface area contributed by atoms with Crippen molar-refractivity contribution in [2.24, 2.45) is 4.99 Å². The summed E-state index contributed by atoms with van der Waals surface area (Å²) >= 11 is 1.95. The summed E-state index contributed by atoms with van der Waals surface area (Å²) < 4.78 is 0. The first-order chi connectivity index (χ1) is 3.83. The number of aliphatic imine (C=N–C) groups is 1. The van der Waals surface area contributed by atoms with Crippen molar-refractivity contribution >= 4 is 17.5 Å². The van der Waals surface area contributed by atoms with E-state index in [4.69, 9.17) is 0 Å². The molecule has 1 heterocycles. The van der Waals surface area contributed by atoms with Gasteiger partial charge in [0.15, 0.2) is 0 Å². The van der Waals surface area contributed by atoms with E-state index >= 15 is 0 Å². The standard InChI is InChI=1S/C6H11NS/c1-3-6-7-5(2)4-8-6/h6H,3-4H2,1-2H3. The van der Waals surface area contributed by atoms with Crippen molar-refractivity contribution in [3.8, 4) is 0 Å². The highest BCUT2D eigenvalue weighted by molar-refractivity contribution is 8.00. The Bertz CT molecular complexity index is 109. The van der Waals surface area contributed by atoms with Crippen LogP contribution in [0, 0.1) is 0 Å². The average Bonchev–Trinajstić information content (AvgIpc) is 2.14. The van der Waals surface area contributed by atoms with Gasteiger partial charge in [-0.2, -0.15) is 0 Å². The molecular formula is C6H11NS. The molecule has 1 aliphatic rings. The highest BCUT2D eigenvalue weighted by Gasteiger charge is 2.11. The van der Waals surface area contributed by atoms with E-state index in [1.165, 1.54) is 12.1 Å². The molecule has 0 radical (unpaired) electrons. The van der Waals surface area contributed by atoms with E-state index in [-0.39, 0.29) is 0 Å². The Balaban J connectivity index is 2.41. The maximum absolute atomic E-state index is 4.39. The van der Waals surface area contributed by atoms with Crippen molar-refractivity contribution in [1.82, 2.24) is 0 Å². The minimum absolute atomic E-state index is 0.579. The van der Waals surface area contributed by atoms with Crippen LogP contribution >= 0.6 is 11.8 Å². The molecule has 0 aromatic carbocycles. The van der Waals surface area contributed by atoms with Crippen LogP contribution in [0.25, 0.3) is 0 Å². The summed E-state index contributed by atoms with van der Waals surface area (Å²) in [6, 6.07) is 0. The minimum atomic E-state index is 0.579. The van der Waals surface area contributed by atoms with Crippen LogP contribution in [-0.4, -0.2) is 16.8 Å². The second kappa shape index (κ2) is 2.53. The molecule has 0 amide bonds. The fourth-order valence-electron chi connectivity index (χ4n) is 0.746. The van der Waals surface area contributed by atoms with Gasteiger partial charge in [0.05, 0.1) is 5.37 Å². The second-order valence-corrected chi connectivity index (χ2v) is 3.20. The lowest BCUT2D eigenvalue weighted by Gasteiger charge is -1.96. The number of thioether (sulfide) groups is 1. The van der Waals surface area contributed by atoms with E-state index in [9.17, 15) is 0 Å². The van der Waals surface area contributed by atoms with E-state index in [0.717, 1.165) is 5.75 Å². The third-order valence-corrected chi connectivity index (χ3v) is 2.61. The molecule has 0 bridgehead atoms. The van der Waals surface area contributed by atoms with Crippen molar-refractivity contribution in [2.45, 2.75) is 25.6 Å². The summed E-state index contributed by atoms with van der Waals surface area (Å²) in [5.74, 6) is 1.15. The van der Waals surface area contributed by atoms with E-state index in [0.29, 0.717) is 5.37 Å². The van der Waals surface area contributed by atoms with Crippen molar-refractivity contribution in [2.75, 3.05) is 5.75 Å². The molecule has 0 aromatic rings. The molecular weight excluding hydrogens is 118 g/mol. The zero-order valence-corrected chi connectivity index (χ0v) is 6.16. The SMILES string of the molecule is CCC1N=C(C)CS1. The van der Waals surface area contributed by atoms with E-state index in [1.54, 1.807) is 0 Å². The molecule has 2 heteroatoms. The first-order valence-electron chi connectivity index (χ1n) is 2.98. The third kappa shape index (κ3) is 1.25. The van der Waals surface area contributed by atoms with Crippen molar-refractivity contribution in [3.05, 3.63) is 0 Å². The molecule has 1 unspecified atom stereocenters. The zero-order valence-electron chi connectivity index (χ0n) is 5.35. The number of rotatable bonds is 1. The van der Waals surface area contributed by atoms with Gasteiger partial charge < -0.3 is 0 Å². The van der Waals surface area contributed by atoms with Crippen LogP contribution in [0.15, 0.2) is 4.99 Å². The fourth-order valence-corrected chi connectivity index (χ4v) is 1.74. The Kier molecular flexibility index (Phi) is 1.95. The molecule has 8 heavy (non-hydrogen) atoms. The van der Waals surface area contributed by atoms with Gasteiger partial charge in [0.25, 0.3) is 0 Å². The van der Waals surface area contributed by atoms with Gasteiger partial charge in [0, 0.05) is 11.5 Å². The summed E-state index contributed by atoms with van der Waals surface area (Å²) in [5.41, 5.74) is 1.31. The molecule has 0 fully saturated rings. The molecule has 0 saturated heterocycles. The zero-order chi connectivity index (χ0) is 5.98. The second-order valence-electron chi connectivity index (χ2n) is 2.04. The normalized spacial score (nSPS) is 28.2. The lowest BCUT2D eigenvalue weighted by molar-refractivity contribution is 0.880. The van der Waals surface area contributed by atoms with Gasteiger partial charge in [0.2, 0.25) is 0 Å². The third-order valence-electron chi connectivity index (χ3n) is 1.20. The monoisotopic (exact) mass is 129 g/mol. The topological polar surface area (TPSA) is 12.4 Å². The van der Waals surface area contributed by atoms with Gasteiger partial charge in [-0.15, -0.1) is 11.8 Å². The van der Waals surface area contributed by atoms with Crippen molar-refractivity contribution in [3.63, 3.8) is 0 Å². The summed E-state index contributed by atoms with van der Waals surface area (Å²) in [6.45, 7) is 4.28. The maximum Gasteiger partial charge on any atom is 0.0952 e. The lowest BCUT2D eigenvalue weighted by Crippen LogP contribution is -1.88. The summed E-state index contributed by atoms with van der Waals surface area (Å²) in [5, 5.41) is 0.579. The van der Waals surface area contributed by atoms with Crippen LogP contribution in [-0.2, 0) is 0 Å². The van der Waals surface area contributed by atoms with Gasteiger partial charge in [-0.1, -0.05) is 6.92 Å². The molecule has 0 aliphatic carbocycles. The van der Waals surface area contributed by atoms with Gasteiger partial charge in [-0.3, -0.25) is 4.99 Å². The molecule has 0 N–H and O–H groups in total. The van der Waals surface area contributed by atoms with E-state index in [2.05, 4.69) is 18.8 Å².